The Morgan fingerprint density at radius 2 is 2.00 bits per heavy atom. The number of rotatable bonds is 7. The van der Waals surface area contributed by atoms with E-state index in [0.717, 1.165) is 12.8 Å². The number of hydrogen-bond donors (Lipinski definition) is 1. The van der Waals surface area contributed by atoms with Gasteiger partial charge in [0.05, 0.1) is 6.10 Å². The standard InChI is InChI=1S/C15H23NO/c1-5-12(2)11-14(16-3)15(17-4)13-9-7-6-8-10-13/h6-10,14-16H,2,5,11H2,1,3-4H3. The van der Waals surface area contributed by atoms with Crippen molar-refractivity contribution in [2.24, 2.45) is 0 Å². The van der Waals surface area contributed by atoms with Gasteiger partial charge in [-0.1, -0.05) is 49.4 Å². The van der Waals surface area contributed by atoms with Crippen LogP contribution in [0.2, 0.25) is 0 Å². The monoisotopic (exact) mass is 233 g/mol. The number of nitrogens with one attached hydrogen (secondary N) is 1. The van der Waals surface area contributed by atoms with Gasteiger partial charge in [-0.05, 0) is 25.5 Å². The van der Waals surface area contributed by atoms with Gasteiger partial charge in [0.2, 0.25) is 0 Å². The Morgan fingerprint density at radius 3 is 2.47 bits per heavy atom. The SMILES string of the molecule is C=C(CC)CC(NC)C(OC)c1ccccc1. The van der Waals surface area contributed by atoms with E-state index in [9.17, 15) is 0 Å². The third kappa shape index (κ3) is 3.99. The molecule has 0 radical (unpaired) electrons. The summed E-state index contributed by atoms with van der Waals surface area (Å²) >= 11 is 0. The average Bonchev–Trinajstić information content (AvgIpc) is 2.39. The maximum atomic E-state index is 5.63. The molecule has 0 aliphatic heterocycles. The fraction of sp³-hybridized carbons (Fsp3) is 0.467. The van der Waals surface area contributed by atoms with Gasteiger partial charge in [0.1, 0.15) is 0 Å². The zero-order valence-corrected chi connectivity index (χ0v) is 11.1. The lowest BCUT2D eigenvalue weighted by Crippen LogP contribution is -2.33. The first-order chi connectivity index (χ1) is 8.22. The molecule has 0 aliphatic carbocycles. The van der Waals surface area contributed by atoms with Gasteiger partial charge in [0, 0.05) is 13.2 Å². The maximum Gasteiger partial charge on any atom is 0.0977 e. The largest absolute Gasteiger partial charge is 0.375 e. The van der Waals surface area contributed by atoms with Gasteiger partial charge in [0.15, 0.2) is 0 Å². The number of benzene rings is 1. The zero-order chi connectivity index (χ0) is 12.7. The predicted molar refractivity (Wildman–Crippen MR) is 73.1 cm³/mol. The van der Waals surface area contributed by atoms with Crippen LogP contribution in [0.15, 0.2) is 42.5 Å². The zero-order valence-electron chi connectivity index (χ0n) is 11.1. The Hall–Kier alpha value is -1.12. The second kappa shape index (κ2) is 7.25. The smallest absolute Gasteiger partial charge is 0.0977 e. The highest BCUT2D eigenvalue weighted by Crippen LogP contribution is 2.24. The molecule has 0 fully saturated rings. The molecule has 0 spiro atoms. The molecule has 1 aromatic rings. The molecule has 2 atom stereocenters. The fourth-order valence-corrected chi connectivity index (χ4v) is 1.99. The molecule has 0 saturated heterocycles. The van der Waals surface area contributed by atoms with Gasteiger partial charge in [0.25, 0.3) is 0 Å². The summed E-state index contributed by atoms with van der Waals surface area (Å²) in [7, 11) is 3.74. The average molecular weight is 233 g/mol. The van der Waals surface area contributed by atoms with Crippen molar-refractivity contribution in [2.75, 3.05) is 14.2 Å². The van der Waals surface area contributed by atoms with Gasteiger partial charge in [-0.15, -0.1) is 0 Å². The van der Waals surface area contributed by atoms with Crippen LogP contribution in [0.3, 0.4) is 0 Å². The van der Waals surface area contributed by atoms with E-state index in [2.05, 4.69) is 31.0 Å². The summed E-state index contributed by atoms with van der Waals surface area (Å²) in [6.07, 6.45) is 2.04. The molecular weight excluding hydrogens is 210 g/mol. The first-order valence-corrected chi connectivity index (χ1v) is 6.14. The summed E-state index contributed by atoms with van der Waals surface area (Å²) in [5, 5.41) is 3.33. The molecule has 94 valence electrons. The highest BCUT2D eigenvalue weighted by Gasteiger charge is 2.21. The Bertz CT molecular complexity index is 334. The van der Waals surface area contributed by atoms with Crippen molar-refractivity contribution in [1.82, 2.24) is 5.32 Å². The summed E-state index contributed by atoms with van der Waals surface area (Å²) in [5.41, 5.74) is 2.46. The lowest BCUT2D eigenvalue weighted by atomic mass is 9.96. The second-order valence-electron chi connectivity index (χ2n) is 4.27. The van der Waals surface area contributed by atoms with E-state index in [-0.39, 0.29) is 12.1 Å². The quantitative estimate of drug-likeness (QED) is 0.729. The molecule has 17 heavy (non-hydrogen) atoms. The number of hydrogen-bond acceptors (Lipinski definition) is 2. The Balaban J connectivity index is 2.80. The van der Waals surface area contributed by atoms with E-state index in [1.807, 2.05) is 25.2 Å². The number of likely N-dealkylation sites (N-methyl/N-ethyl adjacent to an activating group) is 1. The van der Waals surface area contributed by atoms with Crippen LogP contribution in [-0.4, -0.2) is 20.2 Å². The van der Waals surface area contributed by atoms with Crippen molar-refractivity contribution in [2.45, 2.75) is 31.9 Å². The summed E-state index contributed by atoms with van der Waals surface area (Å²) in [6, 6.07) is 10.6. The van der Waals surface area contributed by atoms with Crippen molar-refractivity contribution in [3.63, 3.8) is 0 Å². The minimum atomic E-state index is 0.0736. The molecule has 0 aliphatic rings. The van der Waals surface area contributed by atoms with Crippen LogP contribution in [0.5, 0.6) is 0 Å². The van der Waals surface area contributed by atoms with Crippen molar-refractivity contribution < 1.29 is 4.74 Å². The molecule has 0 amide bonds. The molecule has 0 saturated carbocycles. The van der Waals surface area contributed by atoms with E-state index >= 15 is 0 Å². The van der Waals surface area contributed by atoms with Crippen LogP contribution in [0.25, 0.3) is 0 Å². The highest BCUT2D eigenvalue weighted by molar-refractivity contribution is 5.20. The molecule has 0 heterocycles. The van der Waals surface area contributed by atoms with Gasteiger partial charge in [-0.25, -0.2) is 0 Å². The molecule has 2 nitrogen and oxygen atoms in total. The summed E-state index contributed by atoms with van der Waals surface area (Å²) in [6.45, 7) is 6.21. The van der Waals surface area contributed by atoms with Gasteiger partial charge in [-0.2, -0.15) is 0 Å². The molecule has 1 N–H and O–H groups in total. The van der Waals surface area contributed by atoms with Crippen LogP contribution >= 0.6 is 0 Å². The molecule has 0 bridgehead atoms. The van der Waals surface area contributed by atoms with Crippen molar-refractivity contribution in [3.05, 3.63) is 48.0 Å². The minimum Gasteiger partial charge on any atom is -0.375 e. The van der Waals surface area contributed by atoms with Crippen LogP contribution in [0.1, 0.15) is 31.4 Å². The van der Waals surface area contributed by atoms with Crippen LogP contribution in [0.4, 0.5) is 0 Å². The van der Waals surface area contributed by atoms with E-state index in [4.69, 9.17) is 4.74 Å². The fourth-order valence-electron chi connectivity index (χ4n) is 1.99. The third-order valence-electron chi connectivity index (χ3n) is 3.13. The Morgan fingerprint density at radius 1 is 1.35 bits per heavy atom. The molecule has 2 unspecified atom stereocenters. The van der Waals surface area contributed by atoms with Crippen LogP contribution in [0, 0.1) is 0 Å². The molecular formula is C15H23NO. The van der Waals surface area contributed by atoms with Gasteiger partial charge >= 0.3 is 0 Å². The van der Waals surface area contributed by atoms with E-state index in [1.54, 1.807) is 7.11 Å². The van der Waals surface area contributed by atoms with Crippen molar-refractivity contribution in [3.8, 4) is 0 Å². The van der Waals surface area contributed by atoms with E-state index in [1.165, 1.54) is 11.1 Å². The van der Waals surface area contributed by atoms with Crippen molar-refractivity contribution >= 4 is 0 Å². The Kier molecular flexibility index (Phi) is 5.95. The van der Waals surface area contributed by atoms with E-state index < -0.39 is 0 Å². The Labute approximate surface area is 105 Å². The maximum absolute atomic E-state index is 5.63. The third-order valence-corrected chi connectivity index (χ3v) is 3.13. The van der Waals surface area contributed by atoms with Crippen LogP contribution < -0.4 is 5.32 Å². The number of methoxy groups -OCH3 is 1. The minimum absolute atomic E-state index is 0.0736. The summed E-state index contributed by atoms with van der Waals surface area (Å²) < 4.78 is 5.63. The molecule has 1 aromatic carbocycles. The first kappa shape index (κ1) is 13.9. The molecule has 1 rings (SSSR count). The predicted octanol–water partition coefficient (Wildman–Crippen LogP) is 3.32. The lowest BCUT2D eigenvalue weighted by molar-refractivity contribution is 0.0702. The van der Waals surface area contributed by atoms with Gasteiger partial charge in [-0.3, -0.25) is 0 Å². The van der Waals surface area contributed by atoms with Crippen molar-refractivity contribution in [1.29, 1.82) is 0 Å². The highest BCUT2D eigenvalue weighted by atomic mass is 16.5. The lowest BCUT2D eigenvalue weighted by Gasteiger charge is -2.26. The van der Waals surface area contributed by atoms with Crippen LogP contribution in [-0.2, 0) is 4.74 Å². The van der Waals surface area contributed by atoms with E-state index in [0.29, 0.717) is 0 Å². The van der Waals surface area contributed by atoms with Gasteiger partial charge < -0.3 is 10.1 Å². The second-order valence-corrected chi connectivity index (χ2v) is 4.27. The molecule has 2 heteroatoms. The molecule has 0 aromatic heterocycles. The summed E-state index contributed by atoms with van der Waals surface area (Å²) in [4.78, 5) is 0. The normalized spacial score (nSPS) is 14.3. The number of ether oxygens (including phenoxy) is 1. The topological polar surface area (TPSA) is 21.3 Å². The first-order valence-electron chi connectivity index (χ1n) is 6.14. The summed E-state index contributed by atoms with van der Waals surface area (Å²) in [5.74, 6) is 0.